The van der Waals surface area contributed by atoms with Gasteiger partial charge < -0.3 is 5.32 Å². The standard InChI is InChI=1S/C22H24N2O3S.CH4/c1-3-16-5-7-17(8-6-16)9-10-18-11-13-19(14-12-18)21(25)23-20(15-28-4-2)22(26)24-27;/h5-8,11-14,20,27H,3-4,15H2,1-2H3,(H,23,25)(H,24,26);1H4/t20-;/m0./s1. The molecule has 0 aromatic heterocycles. The number of rotatable bonds is 7. The SMILES string of the molecule is C.CCSC[C@H](NC(=O)c1ccc(C#Cc2ccc(CC)cc2)cc1)C(=O)NO. The lowest BCUT2D eigenvalue weighted by molar-refractivity contribution is -0.130. The van der Waals surface area contributed by atoms with Gasteiger partial charge in [-0.05, 0) is 54.1 Å². The Hall–Kier alpha value is -2.75. The van der Waals surface area contributed by atoms with Gasteiger partial charge in [-0.15, -0.1) is 0 Å². The minimum Gasteiger partial charge on any atom is -0.339 e. The number of nitrogens with one attached hydrogen (secondary N) is 2. The molecular weight excluding hydrogens is 384 g/mol. The molecule has 6 heteroatoms. The summed E-state index contributed by atoms with van der Waals surface area (Å²) in [5, 5.41) is 11.5. The molecule has 0 bridgehead atoms. The summed E-state index contributed by atoms with van der Waals surface area (Å²) in [6.45, 7) is 4.07. The van der Waals surface area contributed by atoms with E-state index in [2.05, 4.69) is 36.2 Å². The first-order valence-electron chi connectivity index (χ1n) is 9.11. The fourth-order valence-electron chi connectivity index (χ4n) is 2.41. The zero-order valence-corrected chi connectivity index (χ0v) is 16.8. The lowest BCUT2D eigenvalue weighted by Gasteiger charge is -2.16. The van der Waals surface area contributed by atoms with E-state index in [4.69, 9.17) is 5.21 Å². The van der Waals surface area contributed by atoms with Gasteiger partial charge in [-0.1, -0.05) is 45.2 Å². The van der Waals surface area contributed by atoms with Crippen LogP contribution in [0.5, 0.6) is 0 Å². The molecule has 2 rings (SSSR count). The molecule has 0 saturated carbocycles. The Balaban J connectivity index is 0.00000420. The number of aryl methyl sites for hydroxylation is 1. The summed E-state index contributed by atoms with van der Waals surface area (Å²) in [4.78, 5) is 24.1. The maximum atomic E-state index is 12.4. The number of carbonyl (C=O) groups excluding carboxylic acids is 2. The van der Waals surface area contributed by atoms with E-state index >= 15 is 0 Å². The first-order valence-corrected chi connectivity index (χ1v) is 10.3. The largest absolute Gasteiger partial charge is 0.339 e. The Morgan fingerprint density at radius 3 is 2.03 bits per heavy atom. The Morgan fingerprint density at radius 2 is 1.55 bits per heavy atom. The van der Waals surface area contributed by atoms with Crippen LogP contribution in [0.2, 0.25) is 0 Å². The topological polar surface area (TPSA) is 78.4 Å². The summed E-state index contributed by atoms with van der Waals surface area (Å²) in [7, 11) is 0. The normalized spacial score (nSPS) is 10.7. The minimum atomic E-state index is -0.798. The van der Waals surface area contributed by atoms with Crippen LogP contribution in [0, 0.1) is 11.8 Å². The lowest BCUT2D eigenvalue weighted by atomic mass is 10.1. The minimum absolute atomic E-state index is 0. The first-order chi connectivity index (χ1) is 13.6. The van der Waals surface area contributed by atoms with E-state index in [0.29, 0.717) is 11.3 Å². The lowest BCUT2D eigenvalue weighted by Crippen LogP contribution is -2.47. The Labute approximate surface area is 177 Å². The molecule has 0 radical (unpaired) electrons. The van der Waals surface area contributed by atoms with Crippen LogP contribution in [0.4, 0.5) is 0 Å². The molecule has 2 amide bonds. The van der Waals surface area contributed by atoms with Gasteiger partial charge in [0.2, 0.25) is 0 Å². The van der Waals surface area contributed by atoms with E-state index in [-0.39, 0.29) is 13.3 Å². The summed E-state index contributed by atoms with van der Waals surface area (Å²) < 4.78 is 0. The van der Waals surface area contributed by atoms with Crippen LogP contribution >= 0.6 is 11.8 Å². The zero-order chi connectivity index (χ0) is 20.4. The zero-order valence-electron chi connectivity index (χ0n) is 16.0. The number of carbonyl (C=O) groups is 2. The molecule has 0 saturated heterocycles. The summed E-state index contributed by atoms with van der Waals surface area (Å²) in [5.74, 6) is 6.36. The third kappa shape index (κ3) is 7.65. The van der Waals surface area contributed by atoms with Crippen LogP contribution in [0.3, 0.4) is 0 Å². The van der Waals surface area contributed by atoms with E-state index in [0.717, 1.165) is 23.3 Å². The molecule has 1 atom stereocenters. The van der Waals surface area contributed by atoms with Crippen LogP contribution in [-0.4, -0.2) is 34.6 Å². The van der Waals surface area contributed by atoms with E-state index in [9.17, 15) is 9.59 Å². The van der Waals surface area contributed by atoms with Gasteiger partial charge in [-0.3, -0.25) is 14.8 Å². The van der Waals surface area contributed by atoms with E-state index in [1.165, 1.54) is 17.3 Å². The number of thioether (sulfide) groups is 1. The highest BCUT2D eigenvalue weighted by molar-refractivity contribution is 7.99. The van der Waals surface area contributed by atoms with Gasteiger partial charge in [0.1, 0.15) is 6.04 Å². The molecular formula is C23H28N2O3S. The van der Waals surface area contributed by atoms with Crippen molar-refractivity contribution in [1.82, 2.24) is 10.8 Å². The summed E-state index contributed by atoms with van der Waals surface area (Å²) in [6, 6.07) is 14.2. The fourth-order valence-corrected chi connectivity index (χ4v) is 3.12. The average Bonchev–Trinajstić information content (AvgIpc) is 2.75. The van der Waals surface area contributed by atoms with Gasteiger partial charge in [0.25, 0.3) is 11.8 Å². The van der Waals surface area contributed by atoms with Crippen molar-refractivity contribution in [3.05, 3.63) is 70.8 Å². The Kier molecular flexibility index (Phi) is 10.6. The molecule has 0 aliphatic carbocycles. The predicted molar refractivity (Wildman–Crippen MR) is 119 cm³/mol. The third-order valence-electron chi connectivity index (χ3n) is 4.08. The smallest absolute Gasteiger partial charge is 0.266 e. The van der Waals surface area contributed by atoms with E-state index in [1.54, 1.807) is 29.7 Å². The molecule has 0 heterocycles. The second-order valence-corrected chi connectivity index (χ2v) is 7.36. The Morgan fingerprint density at radius 1 is 1.00 bits per heavy atom. The van der Waals surface area contributed by atoms with Gasteiger partial charge in [0, 0.05) is 22.4 Å². The quantitative estimate of drug-likeness (QED) is 0.369. The van der Waals surface area contributed by atoms with Crippen molar-refractivity contribution < 1.29 is 14.8 Å². The van der Waals surface area contributed by atoms with Crippen molar-refractivity contribution in [3.8, 4) is 11.8 Å². The van der Waals surface area contributed by atoms with Gasteiger partial charge in [0.05, 0.1) is 0 Å². The Bertz CT molecular complexity index is 852. The number of hydrogen-bond donors (Lipinski definition) is 3. The van der Waals surface area contributed by atoms with Crippen LogP contribution in [0.25, 0.3) is 0 Å². The van der Waals surface area contributed by atoms with Crippen LogP contribution in [0.15, 0.2) is 48.5 Å². The molecule has 154 valence electrons. The molecule has 5 nitrogen and oxygen atoms in total. The van der Waals surface area contributed by atoms with Gasteiger partial charge in [-0.25, -0.2) is 5.48 Å². The number of hydrogen-bond acceptors (Lipinski definition) is 4. The highest BCUT2D eigenvalue weighted by Crippen LogP contribution is 2.08. The van der Waals surface area contributed by atoms with Crippen LogP contribution in [0.1, 0.15) is 48.3 Å². The summed E-state index contributed by atoms with van der Waals surface area (Å²) >= 11 is 1.50. The van der Waals surface area contributed by atoms with E-state index in [1.807, 2.05) is 19.1 Å². The molecule has 0 fully saturated rings. The molecule has 0 spiro atoms. The molecule has 3 N–H and O–H groups in total. The number of amides is 2. The molecule has 2 aromatic rings. The summed E-state index contributed by atoms with van der Waals surface area (Å²) in [5.41, 5.74) is 5.02. The van der Waals surface area contributed by atoms with Gasteiger partial charge in [-0.2, -0.15) is 11.8 Å². The average molecular weight is 413 g/mol. The molecule has 2 aromatic carbocycles. The van der Waals surface area contributed by atoms with Gasteiger partial charge >= 0.3 is 0 Å². The highest BCUT2D eigenvalue weighted by Gasteiger charge is 2.20. The second kappa shape index (κ2) is 12.7. The van der Waals surface area contributed by atoms with Crippen molar-refractivity contribution >= 4 is 23.6 Å². The maximum Gasteiger partial charge on any atom is 0.266 e. The van der Waals surface area contributed by atoms with Crippen molar-refractivity contribution in [2.45, 2.75) is 33.7 Å². The second-order valence-electron chi connectivity index (χ2n) is 6.04. The molecule has 0 aliphatic heterocycles. The van der Waals surface area contributed by atoms with Crippen molar-refractivity contribution in [1.29, 1.82) is 0 Å². The maximum absolute atomic E-state index is 12.4. The predicted octanol–water partition coefficient (Wildman–Crippen LogP) is 3.64. The molecule has 0 unspecified atom stereocenters. The van der Waals surface area contributed by atoms with Crippen molar-refractivity contribution in [2.24, 2.45) is 0 Å². The van der Waals surface area contributed by atoms with Crippen LogP contribution < -0.4 is 10.8 Å². The highest BCUT2D eigenvalue weighted by atomic mass is 32.2. The third-order valence-corrected chi connectivity index (χ3v) is 5.06. The van der Waals surface area contributed by atoms with Crippen LogP contribution in [-0.2, 0) is 11.2 Å². The first kappa shape index (κ1) is 24.3. The number of benzene rings is 2. The summed E-state index contributed by atoms with van der Waals surface area (Å²) in [6.07, 6.45) is 0.995. The fraction of sp³-hybridized carbons (Fsp3) is 0.304. The van der Waals surface area contributed by atoms with Crippen molar-refractivity contribution in [2.75, 3.05) is 11.5 Å². The van der Waals surface area contributed by atoms with E-state index < -0.39 is 11.9 Å². The van der Waals surface area contributed by atoms with Gasteiger partial charge in [0.15, 0.2) is 0 Å². The monoisotopic (exact) mass is 412 g/mol. The molecule has 29 heavy (non-hydrogen) atoms. The van der Waals surface area contributed by atoms with Crippen molar-refractivity contribution in [3.63, 3.8) is 0 Å². The molecule has 0 aliphatic rings. The number of hydroxylamine groups is 1.